The van der Waals surface area contributed by atoms with Crippen molar-refractivity contribution in [2.45, 2.75) is 191 Å². The van der Waals surface area contributed by atoms with Crippen LogP contribution in [0.25, 0.3) is 33.2 Å². The molecule has 16 heteroatoms. The zero-order valence-electron chi connectivity index (χ0n) is 47.7. The number of fused-ring (bicyclic) bond motifs is 8. The Morgan fingerprint density at radius 2 is 1.21 bits per heavy atom. The van der Waals surface area contributed by atoms with Crippen LogP contribution in [0.1, 0.15) is 170 Å². The van der Waals surface area contributed by atoms with Crippen molar-refractivity contribution in [1.82, 2.24) is 40.4 Å². The zero-order chi connectivity index (χ0) is 55.9. The van der Waals surface area contributed by atoms with Crippen molar-refractivity contribution in [2.24, 2.45) is 35.5 Å². The van der Waals surface area contributed by atoms with Gasteiger partial charge in [0.2, 0.25) is 11.8 Å². The Morgan fingerprint density at radius 3 is 1.77 bits per heavy atom. The van der Waals surface area contributed by atoms with Gasteiger partial charge in [-0.05, 0) is 178 Å². The minimum absolute atomic E-state index is 0.0000643. The molecule has 2 aromatic heterocycles. The summed E-state index contributed by atoms with van der Waals surface area (Å²) in [4.78, 5) is 75.4. The first kappa shape index (κ1) is 55.6. The van der Waals surface area contributed by atoms with Crippen LogP contribution in [-0.4, -0.2) is 115 Å². The van der Waals surface area contributed by atoms with Crippen LogP contribution in [0.3, 0.4) is 0 Å². The van der Waals surface area contributed by atoms with Crippen LogP contribution in [0.2, 0.25) is 0 Å². The molecular formula is C64H84N8O8. The summed E-state index contributed by atoms with van der Waals surface area (Å²) in [6.07, 6.45) is 18.3. The van der Waals surface area contributed by atoms with E-state index in [1.54, 1.807) is 0 Å². The van der Waals surface area contributed by atoms with Gasteiger partial charge in [-0.25, -0.2) is 19.6 Å². The minimum Gasteiger partial charge on any atom is -0.453 e. The summed E-state index contributed by atoms with van der Waals surface area (Å²) in [5, 5.41) is 26.8. The molecule has 15 atom stereocenters. The van der Waals surface area contributed by atoms with Crippen molar-refractivity contribution in [2.75, 3.05) is 14.2 Å². The van der Waals surface area contributed by atoms with Crippen molar-refractivity contribution < 1.29 is 38.9 Å². The Kier molecular flexibility index (Phi) is 16.5. The van der Waals surface area contributed by atoms with E-state index in [1.807, 2.05) is 9.80 Å². The molecule has 7 aliphatic rings. The number of allylic oxidation sites excluding steroid dienone is 2. The van der Waals surface area contributed by atoms with E-state index in [0.29, 0.717) is 35.5 Å². The monoisotopic (exact) mass is 1090 g/mol. The maximum Gasteiger partial charge on any atom is 0.407 e. The fourth-order valence-corrected chi connectivity index (χ4v) is 16.0. The van der Waals surface area contributed by atoms with Crippen molar-refractivity contribution in [3.63, 3.8) is 0 Å². The lowest BCUT2D eigenvalue weighted by Crippen LogP contribution is -2.55. The highest BCUT2D eigenvalue weighted by Crippen LogP contribution is 2.51. The molecule has 2 saturated carbocycles. The highest BCUT2D eigenvalue weighted by Gasteiger charge is 2.51. The van der Waals surface area contributed by atoms with E-state index in [-0.39, 0.29) is 41.9 Å². The molecule has 15 unspecified atom stereocenters. The molecule has 0 spiro atoms. The number of aromatic nitrogens is 4. The lowest BCUT2D eigenvalue weighted by atomic mass is 9.66. The van der Waals surface area contributed by atoms with Gasteiger partial charge in [-0.1, -0.05) is 94.9 Å². The van der Waals surface area contributed by atoms with E-state index in [0.717, 1.165) is 148 Å². The number of likely N-dealkylation sites (tertiary alicyclic amines) is 2. The molecule has 3 aromatic carbocycles. The number of aliphatic hydroxyl groups excluding tert-OH is 2. The molecule has 16 nitrogen and oxygen atoms in total. The molecule has 6 N–H and O–H groups in total. The summed E-state index contributed by atoms with van der Waals surface area (Å²) in [6.45, 7) is 7.78. The summed E-state index contributed by atoms with van der Waals surface area (Å²) < 4.78 is 9.72. The third-order valence-electron chi connectivity index (χ3n) is 19.9. The normalized spacial score (nSPS) is 29.0. The largest absolute Gasteiger partial charge is 0.453 e. The fraction of sp³-hybridized carbons (Fsp3) is 0.594. The Labute approximate surface area is 470 Å². The number of nitrogens with one attached hydrogen (secondary N) is 4. The average Bonchev–Trinajstić information content (AvgIpc) is 4.36. The number of hydrogen-bond acceptors (Lipinski definition) is 10. The van der Waals surface area contributed by atoms with Gasteiger partial charge < -0.3 is 50.1 Å². The highest BCUT2D eigenvalue weighted by molar-refractivity contribution is 5.89. The van der Waals surface area contributed by atoms with E-state index in [9.17, 15) is 29.4 Å². The molecule has 428 valence electrons. The second-order valence-electron chi connectivity index (χ2n) is 24.5. The van der Waals surface area contributed by atoms with Gasteiger partial charge in [0, 0.05) is 12.1 Å². The number of hydrogen-bond donors (Lipinski definition) is 6. The van der Waals surface area contributed by atoms with Crippen molar-refractivity contribution in [1.29, 1.82) is 0 Å². The number of amides is 4. The Bertz CT molecular complexity index is 3090. The number of benzene rings is 3. The fourth-order valence-electron chi connectivity index (χ4n) is 16.0. The van der Waals surface area contributed by atoms with Crippen molar-refractivity contribution in [3.8, 4) is 11.1 Å². The van der Waals surface area contributed by atoms with E-state index in [2.05, 4.69) is 101 Å². The quantitative estimate of drug-likeness (QED) is 0.0614. The number of aliphatic hydroxyl groups is 2. The number of imidazole rings is 2. The first-order chi connectivity index (χ1) is 38.8. The molecule has 2 aliphatic heterocycles. The number of carbonyl (C=O) groups is 4. The lowest BCUT2D eigenvalue weighted by Gasteiger charge is -2.38. The lowest BCUT2D eigenvalue weighted by molar-refractivity contribution is -0.140. The standard InChI is InChI=1S/C64H84N8O8/c1-7-13-46-38-22-23-39-20-18-37(30-47(39)41-26-28-48-50(31-41)67-59(65-48)54-33-42-14-9-11-16-52(42)71(54)61(75)57(35(3)73)69-63(77)79-5)19-21-40(25-24-38)56(45(46)8-2)44-27-29-49-51(32-44)68-60(66-49)55-34-43-15-10-12-17-53(43)72(55)62(76)58(36(4)74)70-64(78)80-6/h18,20,24-32,35-36,38,40,42-43,45-46,52-58,73-74H,7-17,19,21-23,33-34H2,1-6H3,(H,65,67)(H,66,68)(H,69,77)(H,70,78). The van der Waals surface area contributed by atoms with Gasteiger partial charge in [-0.15, -0.1) is 0 Å². The van der Waals surface area contributed by atoms with E-state index in [1.165, 1.54) is 50.3 Å². The Hall–Kier alpha value is -6.26. The molecule has 5 aromatic rings. The summed E-state index contributed by atoms with van der Waals surface area (Å²) >= 11 is 0. The van der Waals surface area contributed by atoms with Crippen LogP contribution < -0.4 is 10.6 Å². The van der Waals surface area contributed by atoms with Crippen LogP contribution >= 0.6 is 0 Å². The highest BCUT2D eigenvalue weighted by atomic mass is 16.5. The minimum atomic E-state index is -1.14. The number of aromatic amines is 2. The SMILES string of the molecule is CCCC1C2C=CC(CCc3ccc(c(-c4ccc5nc(C6CC7CCCCC7N6C(=O)C(NC(=O)OC)C(C)O)[nH]c5c4)c3)CC2)C(c2ccc3nc(C4CC5CCCCC5N4C(=O)C(NC(=O)OC)C(C)O)[nH]c3c2)C1CC. The Morgan fingerprint density at radius 1 is 0.662 bits per heavy atom. The van der Waals surface area contributed by atoms with Crippen LogP contribution in [0.5, 0.6) is 0 Å². The van der Waals surface area contributed by atoms with Gasteiger partial charge in [-0.3, -0.25) is 9.59 Å². The molecule has 0 radical (unpaired) electrons. The average molecular weight is 1090 g/mol. The molecule has 2 saturated heterocycles. The number of nitrogens with zero attached hydrogens (tertiary/aromatic N) is 4. The number of methoxy groups -OCH3 is 2. The molecule has 4 bridgehead atoms. The third kappa shape index (κ3) is 10.8. The molecule has 80 heavy (non-hydrogen) atoms. The number of alkyl carbamates (subject to hydrolysis) is 2. The van der Waals surface area contributed by atoms with Gasteiger partial charge in [0.25, 0.3) is 0 Å². The molecule has 4 heterocycles. The second-order valence-corrected chi connectivity index (χ2v) is 24.5. The number of carbonyl (C=O) groups excluding carboxylic acids is 4. The van der Waals surface area contributed by atoms with Crippen LogP contribution in [0.4, 0.5) is 9.59 Å². The van der Waals surface area contributed by atoms with Gasteiger partial charge >= 0.3 is 12.2 Å². The van der Waals surface area contributed by atoms with Crippen LogP contribution in [0, 0.1) is 35.5 Å². The van der Waals surface area contributed by atoms with E-state index < -0.39 is 36.5 Å². The molecule has 5 aliphatic carbocycles. The van der Waals surface area contributed by atoms with Crippen molar-refractivity contribution in [3.05, 3.63) is 95.1 Å². The van der Waals surface area contributed by atoms with E-state index in [4.69, 9.17) is 19.4 Å². The number of ether oxygens (including phenoxy) is 2. The predicted octanol–water partition coefficient (Wildman–Crippen LogP) is 10.9. The molecule has 4 amide bonds. The van der Waals surface area contributed by atoms with Gasteiger partial charge in [0.1, 0.15) is 23.7 Å². The number of rotatable bonds is 13. The number of H-pyrrole nitrogens is 2. The van der Waals surface area contributed by atoms with Crippen LogP contribution in [0.15, 0.2) is 66.7 Å². The van der Waals surface area contributed by atoms with Crippen molar-refractivity contribution >= 4 is 46.1 Å². The zero-order valence-corrected chi connectivity index (χ0v) is 47.7. The maximum absolute atomic E-state index is 14.5. The van der Waals surface area contributed by atoms with E-state index >= 15 is 0 Å². The molecule has 12 rings (SSSR count). The summed E-state index contributed by atoms with van der Waals surface area (Å²) in [5.41, 5.74) is 9.94. The van der Waals surface area contributed by atoms with Gasteiger partial charge in [-0.2, -0.15) is 0 Å². The van der Waals surface area contributed by atoms with Gasteiger partial charge in [0.15, 0.2) is 0 Å². The first-order valence-electron chi connectivity index (χ1n) is 30.3. The summed E-state index contributed by atoms with van der Waals surface area (Å²) in [5.74, 6) is 3.42. The topological polar surface area (TPSA) is 215 Å². The number of aryl methyl sites for hydroxylation is 2. The van der Waals surface area contributed by atoms with Gasteiger partial charge in [0.05, 0.1) is 60.6 Å². The molecular weight excluding hydrogens is 1010 g/mol. The van der Waals surface area contributed by atoms with Crippen LogP contribution in [-0.2, 0) is 31.9 Å². The second kappa shape index (κ2) is 23.7. The predicted molar refractivity (Wildman–Crippen MR) is 307 cm³/mol. The third-order valence-corrected chi connectivity index (χ3v) is 19.9. The summed E-state index contributed by atoms with van der Waals surface area (Å²) in [6, 6.07) is 17.6. The Balaban J connectivity index is 0.888. The molecule has 4 fully saturated rings. The first-order valence-corrected chi connectivity index (χ1v) is 30.3. The maximum atomic E-state index is 14.5. The smallest absolute Gasteiger partial charge is 0.407 e. The summed E-state index contributed by atoms with van der Waals surface area (Å²) in [7, 11) is 2.52.